The molecule has 8 nitrogen and oxygen atoms in total. The third-order valence-electron chi connectivity index (χ3n) is 1.86. The number of carboxylic acids is 1. The molecule has 0 aliphatic rings. The van der Waals surface area contributed by atoms with Crippen molar-refractivity contribution in [1.82, 2.24) is 10.2 Å². The highest BCUT2D eigenvalue weighted by Crippen LogP contribution is 2.29. The maximum atomic E-state index is 11.1. The SMILES string of the molecule is CS(=O)(=O)c1nnc(Sc2ccc(CC(=O)O)o2)o1. The normalized spacial score (nSPS) is 11.6. The van der Waals surface area contributed by atoms with Crippen molar-refractivity contribution in [2.75, 3.05) is 6.26 Å². The molecule has 2 rings (SSSR count). The minimum absolute atomic E-state index is 0.00310. The van der Waals surface area contributed by atoms with Crippen molar-refractivity contribution in [2.45, 2.75) is 22.0 Å². The lowest BCUT2D eigenvalue weighted by Crippen LogP contribution is -1.97. The lowest BCUT2D eigenvalue weighted by atomic mass is 10.3. The molecule has 0 saturated heterocycles. The van der Waals surface area contributed by atoms with E-state index < -0.39 is 21.0 Å². The first kappa shape index (κ1) is 13.6. The standard InChI is InChI=1S/C9H8N2O6S2/c1-19(14,15)9-11-10-8(17-9)18-7-3-2-5(16-7)4-6(12)13/h2-3H,4H2,1H3,(H,12,13). The number of carbonyl (C=O) groups is 1. The average Bonchev–Trinajstić information content (AvgIpc) is 2.86. The maximum absolute atomic E-state index is 11.1. The van der Waals surface area contributed by atoms with Crippen molar-refractivity contribution in [3.05, 3.63) is 17.9 Å². The van der Waals surface area contributed by atoms with Gasteiger partial charge in [0, 0.05) is 18.0 Å². The number of rotatable bonds is 5. The molecule has 10 heteroatoms. The van der Waals surface area contributed by atoms with Crippen molar-refractivity contribution < 1.29 is 27.2 Å². The van der Waals surface area contributed by atoms with Gasteiger partial charge in [0.2, 0.25) is 9.84 Å². The van der Waals surface area contributed by atoms with Crippen LogP contribution in [0.15, 0.2) is 36.5 Å². The van der Waals surface area contributed by atoms with Crippen LogP contribution in [-0.4, -0.2) is 35.9 Å². The zero-order chi connectivity index (χ0) is 14.0. The predicted octanol–water partition coefficient (Wildman–Crippen LogP) is 0.844. The topological polar surface area (TPSA) is 124 Å². The lowest BCUT2D eigenvalue weighted by molar-refractivity contribution is -0.136. The summed E-state index contributed by atoms with van der Waals surface area (Å²) in [7, 11) is -3.55. The van der Waals surface area contributed by atoms with Gasteiger partial charge in [-0.1, -0.05) is 10.2 Å². The largest absolute Gasteiger partial charge is 0.481 e. The van der Waals surface area contributed by atoms with E-state index in [2.05, 4.69) is 10.2 Å². The van der Waals surface area contributed by atoms with Crippen molar-refractivity contribution in [3.63, 3.8) is 0 Å². The number of carboxylic acid groups (broad SMARTS) is 1. The average molecular weight is 304 g/mol. The Bertz CT molecular complexity index is 702. The molecule has 0 radical (unpaired) electrons. The number of furan rings is 1. The van der Waals surface area contributed by atoms with Crippen LogP contribution < -0.4 is 0 Å². The van der Waals surface area contributed by atoms with Gasteiger partial charge in [-0.3, -0.25) is 4.79 Å². The summed E-state index contributed by atoms with van der Waals surface area (Å²) >= 11 is 0.908. The minimum atomic E-state index is -3.55. The summed E-state index contributed by atoms with van der Waals surface area (Å²) in [4.78, 5) is 10.5. The second kappa shape index (κ2) is 5.05. The summed E-state index contributed by atoms with van der Waals surface area (Å²) in [6.45, 7) is 0. The van der Waals surface area contributed by atoms with Gasteiger partial charge in [0.25, 0.3) is 5.22 Å². The Balaban J connectivity index is 2.11. The molecule has 0 atom stereocenters. The molecule has 2 aromatic heterocycles. The zero-order valence-electron chi connectivity index (χ0n) is 9.56. The van der Waals surface area contributed by atoms with Gasteiger partial charge in [-0.05, 0) is 12.1 Å². The molecule has 2 heterocycles. The highest BCUT2D eigenvalue weighted by atomic mass is 32.2. The van der Waals surface area contributed by atoms with Crippen LogP contribution in [0.4, 0.5) is 0 Å². The van der Waals surface area contributed by atoms with Gasteiger partial charge in [0.1, 0.15) is 12.2 Å². The summed E-state index contributed by atoms with van der Waals surface area (Å²) in [5.41, 5.74) is 0. The second-order valence-electron chi connectivity index (χ2n) is 3.50. The van der Waals surface area contributed by atoms with E-state index in [1.165, 1.54) is 12.1 Å². The Labute approximate surface area is 111 Å². The van der Waals surface area contributed by atoms with E-state index in [0.717, 1.165) is 18.0 Å². The summed E-state index contributed by atoms with van der Waals surface area (Å²) in [5, 5.41) is 15.4. The fraction of sp³-hybridized carbons (Fsp3) is 0.222. The maximum Gasteiger partial charge on any atom is 0.335 e. The highest BCUT2D eigenvalue weighted by Gasteiger charge is 2.18. The molecular formula is C9H8N2O6S2. The predicted molar refractivity (Wildman–Crippen MR) is 61.6 cm³/mol. The van der Waals surface area contributed by atoms with E-state index in [-0.39, 0.29) is 17.4 Å². The van der Waals surface area contributed by atoms with Crippen molar-refractivity contribution in [3.8, 4) is 0 Å². The Morgan fingerprint density at radius 1 is 1.37 bits per heavy atom. The molecule has 1 N–H and O–H groups in total. The number of aromatic nitrogens is 2. The summed E-state index contributed by atoms with van der Waals surface area (Å²) < 4.78 is 32.4. The molecule has 0 unspecified atom stereocenters. The molecule has 102 valence electrons. The van der Waals surface area contributed by atoms with Gasteiger partial charge in [0.05, 0.1) is 0 Å². The molecule has 0 aliphatic carbocycles. The lowest BCUT2D eigenvalue weighted by Gasteiger charge is -1.91. The third-order valence-corrected chi connectivity index (χ3v) is 3.42. The second-order valence-corrected chi connectivity index (χ2v) is 6.35. The monoisotopic (exact) mass is 304 g/mol. The van der Waals surface area contributed by atoms with E-state index >= 15 is 0 Å². The van der Waals surface area contributed by atoms with Crippen LogP contribution >= 0.6 is 11.8 Å². The van der Waals surface area contributed by atoms with Gasteiger partial charge < -0.3 is 13.9 Å². The van der Waals surface area contributed by atoms with Crippen LogP contribution in [0.25, 0.3) is 0 Å². The smallest absolute Gasteiger partial charge is 0.335 e. The molecular weight excluding hydrogens is 296 g/mol. The Kier molecular flexibility index (Phi) is 3.62. The molecule has 0 saturated carbocycles. The van der Waals surface area contributed by atoms with Crippen LogP contribution in [0.1, 0.15) is 5.76 Å². The van der Waals surface area contributed by atoms with E-state index in [1.807, 2.05) is 0 Å². The van der Waals surface area contributed by atoms with Gasteiger partial charge in [-0.25, -0.2) is 8.42 Å². The van der Waals surface area contributed by atoms with Crippen LogP contribution in [0.5, 0.6) is 0 Å². The third kappa shape index (κ3) is 3.58. The van der Waals surface area contributed by atoms with E-state index in [9.17, 15) is 13.2 Å². The van der Waals surface area contributed by atoms with Crippen LogP contribution in [0.2, 0.25) is 0 Å². The van der Waals surface area contributed by atoms with Gasteiger partial charge in [-0.2, -0.15) is 0 Å². The summed E-state index contributed by atoms with van der Waals surface area (Å²) in [5.74, 6) is -0.735. The first-order chi connectivity index (χ1) is 8.84. The summed E-state index contributed by atoms with van der Waals surface area (Å²) in [6.07, 6.45) is 0.714. The Morgan fingerprint density at radius 3 is 2.68 bits per heavy atom. The molecule has 0 fully saturated rings. The Hall–Kier alpha value is -1.81. The number of nitrogens with zero attached hydrogens (tertiary/aromatic N) is 2. The number of sulfone groups is 1. The fourth-order valence-electron chi connectivity index (χ4n) is 1.13. The van der Waals surface area contributed by atoms with Crippen LogP contribution in [0, 0.1) is 0 Å². The number of aliphatic carboxylic acids is 1. The van der Waals surface area contributed by atoms with Crippen molar-refractivity contribution >= 4 is 27.6 Å². The number of hydrogen-bond donors (Lipinski definition) is 1. The van der Waals surface area contributed by atoms with Crippen LogP contribution in [-0.2, 0) is 21.1 Å². The van der Waals surface area contributed by atoms with Crippen molar-refractivity contribution in [2.24, 2.45) is 0 Å². The first-order valence-electron chi connectivity index (χ1n) is 4.86. The Morgan fingerprint density at radius 2 is 2.11 bits per heavy atom. The number of hydrogen-bond acceptors (Lipinski definition) is 8. The van der Waals surface area contributed by atoms with E-state index in [0.29, 0.717) is 5.09 Å². The molecule has 19 heavy (non-hydrogen) atoms. The molecule has 0 aromatic carbocycles. The summed E-state index contributed by atoms with van der Waals surface area (Å²) in [6, 6.07) is 3.04. The van der Waals surface area contributed by atoms with Crippen LogP contribution in [0.3, 0.4) is 0 Å². The molecule has 0 aliphatic heterocycles. The molecule has 0 spiro atoms. The van der Waals surface area contributed by atoms with Crippen molar-refractivity contribution in [1.29, 1.82) is 0 Å². The molecule has 2 aromatic rings. The highest BCUT2D eigenvalue weighted by molar-refractivity contribution is 7.99. The quantitative estimate of drug-likeness (QED) is 0.855. The van der Waals surface area contributed by atoms with E-state index in [4.69, 9.17) is 13.9 Å². The molecule has 0 bridgehead atoms. The van der Waals surface area contributed by atoms with E-state index in [1.54, 1.807) is 0 Å². The van der Waals surface area contributed by atoms with Gasteiger partial charge in [-0.15, -0.1) is 0 Å². The van der Waals surface area contributed by atoms with Gasteiger partial charge in [0.15, 0.2) is 5.09 Å². The first-order valence-corrected chi connectivity index (χ1v) is 7.57. The molecule has 0 amide bonds. The fourth-order valence-corrected chi connectivity index (χ4v) is 2.26. The minimum Gasteiger partial charge on any atom is -0.481 e. The van der Waals surface area contributed by atoms with Gasteiger partial charge >= 0.3 is 11.2 Å². The zero-order valence-corrected chi connectivity index (χ0v) is 11.2.